The second-order valence-electron chi connectivity index (χ2n) is 13.1. The molecule has 0 bridgehead atoms. The summed E-state index contributed by atoms with van der Waals surface area (Å²) in [6, 6.07) is 0.336. The number of nitrogens with one attached hydrogen (secondary N) is 1. The smallest absolute Gasteiger partial charge is 0.389 e. The van der Waals surface area contributed by atoms with Crippen molar-refractivity contribution in [1.29, 1.82) is 0 Å². The first-order valence-electron chi connectivity index (χ1n) is 14.2. The average Bonchev–Trinajstić information content (AvgIpc) is 3.39. The maximum absolute atomic E-state index is 12.6. The van der Waals surface area contributed by atoms with Crippen LogP contribution in [0, 0.1) is 40.4 Å². The van der Waals surface area contributed by atoms with Gasteiger partial charge in [-0.2, -0.15) is 0 Å². The maximum Gasteiger partial charge on any atom is 0.435 e. The number of allylic oxidation sites excluding steroid dienone is 1. The lowest BCUT2D eigenvalue weighted by Gasteiger charge is -2.58. The summed E-state index contributed by atoms with van der Waals surface area (Å²) in [7, 11) is 1.81. The molecule has 6 nitrogen and oxygen atoms in total. The number of likely N-dealkylation sites (N-methyl/N-ethyl adjacent to an activating group) is 1. The fourth-order valence-corrected chi connectivity index (χ4v) is 9.15. The minimum Gasteiger partial charge on any atom is -0.389 e. The van der Waals surface area contributed by atoms with E-state index < -0.39 is 0 Å². The Kier molecular flexibility index (Phi) is 6.84. The first-order valence-corrected chi connectivity index (χ1v) is 14.2. The van der Waals surface area contributed by atoms with E-state index in [1.54, 1.807) is 4.90 Å². The molecule has 4 fully saturated rings. The molecule has 35 heavy (non-hydrogen) atoms. The number of carbonyl (C=O) groups excluding carboxylic acids is 1. The SMILES string of the molecule is C/C(=N\OC(=O)N(C)CC1NCCC1C)[C@H]1CC[C@H]2[C@@H]3CCC4=C[C@@H](O)CC[C@]4(C)[C@H]3CC[C@]12C. The molecule has 6 heteroatoms. The van der Waals surface area contributed by atoms with Crippen molar-refractivity contribution in [3.63, 3.8) is 0 Å². The number of fused-ring (bicyclic) bond motifs is 5. The van der Waals surface area contributed by atoms with Gasteiger partial charge < -0.3 is 15.3 Å². The number of oxime groups is 1. The molecule has 0 radical (unpaired) electrons. The largest absolute Gasteiger partial charge is 0.435 e. The Bertz CT molecular complexity index is 886. The van der Waals surface area contributed by atoms with Crippen LogP contribution in [0.3, 0.4) is 0 Å². The number of hydrogen-bond acceptors (Lipinski definition) is 5. The van der Waals surface area contributed by atoms with Crippen LogP contribution in [0.4, 0.5) is 4.79 Å². The summed E-state index contributed by atoms with van der Waals surface area (Å²) < 4.78 is 0. The number of carbonyl (C=O) groups is 1. The second-order valence-corrected chi connectivity index (χ2v) is 13.1. The first kappa shape index (κ1) is 25.3. The van der Waals surface area contributed by atoms with Crippen molar-refractivity contribution in [2.45, 2.75) is 97.6 Å². The minimum atomic E-state index is -0.354. The van der Waals surface area contributed by atoms with Gasteiger partial charge in [0.25, 0.3) is 0 Å². The predicted molar refractivity (Wildman–Crippen MR) is 139 cm³/mol. The standard InChI is InChI=1S/C29H47N3O3/c1-18-12-15-30-26(18)17-32(5)27(34)35-31-19(2)23-8-9-24-22-7-6-20-16-21(33)10-13-28(20,3)25(22)11-14-29(23,24)4/h16,18,21-26,30,33H,6-15,17H2,1-5H3/b31-19+/t18?,21-,22-,23+,24-,25-,26?,28-,29+/m0/s1. The Hall–Kier alpha value is -1.40. The van der Waals surface area contributed by atoms with Crippen molar-refractivity contribution in [3.05, 3.63) is 11.6 Å². The molecule has 0 aromatic rings. The van der Waals surface area contributed by atoms with Crippen LogP contribution in [0.25, 0.3) is 0 Å². The summed E-state index contributed by atoms with van der Waals surface area (Å²) in [6.45, 7) is 11.0. The number of aliphatic hydroxyl groups is 1. The van der Waals surface area contributed by atoms with Crippen molar-refractivity contribution in [1.82, 2.24) is 10.2 Å². The highest BCUT2D eigenvalue weighted by Crippen LogP contribution is 2.66. The van der Waals surface area contributed by atoms with Crippen LogP contribution >= 0.6 is 0 Å². The molecule has 5 rings (SSSR count). The van der Waals surface area contributed by atoms with Gasteiger partial charge in [0.15, 0.2) is 0 Å². The summed E-state index contributed by atoms with van der Waals surface area (Å²) in [5.74, 6) is 3.19. The number of aliphatic hydroxyl groups excluding tert-OH is 1. The van der Waals surface area contributed by atoms with E-state index in [1.165, 1.54) is 31.3 Å². The molecule has 2 N–H and O–H groups in total. The maximum atomic E-state index is 12.6. The third kappa shape index (κ3) is 4.37. The molecule has 0 aromatic heterocycles. The van der Waals surface area contributed by atoms with Crippen molar-refractivity contribution < 1.29 is 14.7 Å². The first-order chi connectivity index (χ1) is 16.6. The molecule has 4 aliphatic carbocycles. The van der Waals surface area contributed by atoms with Gasteiger partial charge in [-0.1, -0.05) is 37.6 Å². The van der Waals surface area contributed by atoms with E-state index in [4.69, 9.17) is 4.84 Å². The Morgan fingerprint density at radius 1 is 1.17 bits per heavy atom. The molecular weight excluding hydrogens is 438 g/mol. The van der Waals surface area contributed by atoms with Crippen LogP contribution < -0.4 is 5.32 Å². The Morgan fingerprint density at radius 3 is 2.71 bits per heavy atom. The zero-order chi connectivity index (χ0) is 25.0. The van der Waals surface area contributed by atoms with Crippen LogP contribution in [-0.2, 0) is 4.84 Å². The summed E-state index contributed by atoms with van der Waals surface area (Å²) in [6.07, 6.45) is 12.1. The van der Waals surface area contributed by atoms with E-state index in [0.29, 0.717) is 24.4 Å². The third-order valence-corrected chi connectivity index (χ3v) is 11.3. The summed E-state index contributed by atoms with van der Waals surface area (Å²) in [5.41, 5.74) is 3.04. The van der Waals surface area contributed by atoms with Gasteiger partial charge in [-0.3, -0.25) is 4.84 Å². The van der Waals surface area contributed by atoms with E-state index in [2.05, 4.69) is 44.2 Å². The fraction of sp³-hybridized carbons (Fsp3) is 0.862. The molecule has 1 amide bonds. The number of hydrogen-bond donors (Lipinski definition) is 2. The van der Waals surface area contributed by atoms with Crippen LogP contribution in [0.2, 0.25) is 0 Å². The summed E-state index contributed by atoms with van der Waals surface area (Å²) >= 11 is 0. The molecular formula is C29H47N3O3. The van der Waals surface area contributed by atoms with E-state index in [0.717, 1.165) is 62.1 Å². The van der Waals surface area contributed by atoms with Crippen molar-refractivity contribution in [2.75, 3.05) is 20.1 Å². The van der Waals surface area contributed by atoms with E-state index in [9.17, 15) is 9.90 Å². The van der Waals surface area contributed by atoms with Crippen molar-refractivity contribution >= 4 is 11.8 Å². The van der Waals surface area contributed by atoms with Crippen LogP contribution in [-0.4, -0.2) is 54.1 Å². The van der Waals surface area contributed by atoms with Crippen LogP contribution in [0.1, 0.15) is 85.5 Å². The van der Waals surface area contributed by atoms with Gasteiger partial charge in [0.2, 0.25) is 0 Å². The monoisotopic (exact) mass is 485 g/mol. The van der Waals surface area contributed by atoms with E-state index >= 15 is 0 Å². The molecule has 1 heterocycles. The van der Waals surface area contributed by atoms with Gasteiger partial charge in [-0.15, -0.1) is 0 Å². The fourth-order valence-electron chi connectivity index (χ4n) is 9.15. The van der Waals surface area contributed by atoms with Gasteiger partial charge in [0.1, 0.15) is 0 Å². The lowest BCUT2D eigenvalue weighted by atomic mass is 9.46. The molecule has 9 atom stereocenters. The number of rotatable bonds is 4. The van der Waals surface area contributed by atoms with E-state index in [1.807, 2.05) is 7.05 Å². The molecule has 5 aliphatic rings. The van der Waals surface area contributed by atoms with Crippen LogP contribution in [0.5, 0.6) is 0 Å². The molecule has 196 valence electrons. The lowest BCUT2D eigenvalue weighted by Crippen LogP contribution is -2.51. The Balaban J connectivity index is 1.24. The van der Waals surface area contributed by atoms with E-state index in [-0.39, 0.29) is 23.0 Å². The minimum absolute atomic E-state index is 0.238. The highest BCUT2D eigenvalue weighted by atomic mass is 16.7. The Morgan fingerprint density at radius 2 is 1.97 bits per heavy atom. The van der Waals surface area contributed by atoms with Crippen molar-refractivity contribution in [3.8, 4) is 0 Å². The van der Waals surface area contributed by atoms with Gasteiger partial charge in [0.05, 0.1) is 11.8 Å². The quantitative estimate of drug-likeness (QED) is 0.243. The molecule has 2 unspecified atom stereocenters. The molecule has 0 spiro atoms. The third-order valence-electron chi connectivity index (χ3n) is 11.3. The lowest BCUT2D eigenvalue weighted by molar-refractivity contribution is -0.0479. The van der Waals surface area contributed by atoms with Gasteiger partial charge in [0, 0.05) is 25.6 Å². The predicted octanol–water partition coefficient (Wildman–Crippen LogP) is 5.37. The highest BCUT2D eigenvalue weighted by Gasteiger charge is 2.59. The molecule has 3 saturated carbocycles. The topological polar surface area (TPSA) is 74.2 Å². The zero-order valence-corrected chi connectivity index (χ0v) is 22.6. The Labute approximate surface area is 211 Å². The summed E-state index contributed by atoms with van der Waals surface area (Å²) in [4.78, 5) is 19.8. The number of nitrogens with zero attached hydrogens (tertiary/aromatic N) is 2. The van der Waals surface area contributed by atoms with Gasteiger partial charge in [-0.25, -0.2) is 4.79 Å². The molecule has 1 aliphatic heterocycles. The normalized spacial score (nSPS) is 45.3. The second kappa shape index (κ2) is 9.48. The molecule has 0 aromatic carbocycles. The summed E-state index contributed by atoms with van der Waals surface area (Å²) in [5, 5.41) is 18.1. The number of amides is 1. The van der Waals surface area contributed by atoms with Crippen LogP contribution in [0.15, 0.2) is 16.8 Å². The van der Waals surface area contributed by atoms with Gasteiger partial charge in [-0.05, 0) is 106 Å². The highest BCUT2D eigenvalue weighted by molar-refractivity contribution is 5.85. The zero-order valence-electron chi connectivity index (χ0n) is 22.6. The molecule has 1 saturated heterocycles. The average molecular weight is 486 g/mol. The van der Waals surface area contributed by atoms with Crippen molar-refractivity contribution in [2.24, 2.45) is 45.6 Å². The van der Waals surface area contributed by atoms with Gasteiger partial charge >= 0.3 is 6.09 Å².